The predicted octanol–water partition coefficient (Wildman–Crippen LogP) is 5.55. The highest BCUT2D eigenvalue weighted by atomic mass is 32.2. The molecule has 0 aliphatic heterocycles. The zero-order chi connectivity index (χ0) is 18.3. The van der Waals surface area contributed by atoms with E-state index in [1.165, 1.54) is 23.9 Å². The minimum Gasteiger partial charge on any atom is -0.299 e. The first kappa shape index (κ1) is 17.1. The van der Waals surface area contributed by atoms with E-state index in [4.69, 9.17) is 0 Å². The number of rotatable bonds is 5. The van der Waals surface area contributed by atoms with Crippen LogP contribution in [0.1, 0.15) is 36.6 Å². The molecular weight excluding hydrogens is 359 g/mol. The number of hydrogen-bond acceptors (Lipinski definition) is 3. The largest absolute Gasteiger partial charge is 0.299 e. The van der Waals surface area contributed by atoms with Crippen molar-refractivity contribution in [1.82, 2.24) is 14.8 Å². The number of aromatic nitrogens is 3. The predicted molar refractivity (Wildman–Crippen MR) is 94.3 cm³/mol. The van der Waals surface area contributed by atoms with Gasteiger partial charge >= 0.3 is 0 Å². The fourth-order valence-corrected chi connectivity index (χ4v) is 3.87. The second-order valence-electron chi connectivity index (χ2n) is 6.32. The lowest BCUT2D eigenvalue weighted by atomic mass is 10.1. The molecule has 1 aliphatic carbocycles. The van der Waals surface area contributed by atoms with Crippen molar-refractivity contribution in [3.05, 3.63) is 65.5 Å². The Bertz CT molecular complexity index is 953. The molecule has 0 spiro atoms. The van der Waals surface area contributed by atoms with Crippen molar-refractivity contribution in [3.8, 4) is 11.4 Å². The summed E-state index contributed by atoms with van der Waals surface area (Å²) >= 11 is 1.41. The summed E-state index contributed by atoms with van der Waals surface area (Å²) in [5.41, 5.74) is 1.07. The van der Waals surface area contributed by atoms with Gasteiger partial charge in [-0.3, -0.25) is 4.57 Å². The van der Waals surface area contributed by atoms with Crippen molar-refractivity contribution in [1.29, 1.82) is 0 Å². The maximum absolute atomic E-state index is 14.2. The van der Waals surface area contributed by atoms with Gasteiger partial charge < -0.3 is 0 Å². The van der Waals surface area contributed by atoms with Crippen LogP contribution in [-0.4, -0.2) is 14.8 Å². The van der Waals surface area contributed by atoms with E-state index >= 15 is 0 Å². The third-order valence-corrected chi connectivity index (χ3v) is 5.50. The van der Waals surface area contributed by atoms with E-state index in [-0.39, 0.29) is 17.1 Å². The molecule has 0 saturated heterocycles. The molecule has 1 fully saturated rings. The van der Waals surface area contributed by atoms with Crippen LogP contribution in [-0.2, 0) is 0 Å². The Labute approximate surface area is 153 Å². The van der Waals surface area contributed by atoms with E-state index in [9.17, 15) is 13.2 Å². The Morgan fingerprint density at radius 1 is 1.00 bits per heavy atom. The highest BCUT2D eigenvalue weighted by Crippen LogP contribution is 2.44. The third-order valence-electron chi connectivity index (χ3n) is 4.39. The smallest absolute Gasteiger partial charge is 0.192 e. The van der Waals surface area contributed by atoms with Gasteiger partial charge in [-0.1, -0.05) is 30.0 Å². The van der Waals surface area contributed by atoms with Gasteiger partial charge in [-0.05, 0) is 49.6 Å². The first-order chi connectivity index (χ1) is 12.5. The highest BCUT2D eigenvalue weighted by Gasteiger charge is 2.31. The summed E-state index contributed by atoms with van der Waals surface area (Å²) in [4.78, 5) is 0. The van der Waals surface area contributed by atoms with E-state index in [2.05, 4.69) is 10.2 Å². The molecule has 1 unspecified atom stereocenters. The van der Waals surface area contributed by atoms with Gasteiger partial charge in [0.1, 0.15) is 5.82 Å². The lowest BCUT2D eigenvalue weighted by molar-refractivity contribution is 0.507. The summed E-state index contributed by atoms with van der Waals surface area (Å²) in [5, 5.41) is 8.95. The van der Waals surface area contributed by atoms with Crippen LogP contribution in [0.5, 0.6) is 0 Å². The molecule has 1 heterocycles. The topological polar surface area (TPSA) is 30.7 Å². The molecule has 0 amide bonds. The molecule has 1 saturated carbocycles. The molecule has 7 heteroatoms. The van der Waals surface area contributed by atoms with E-state index in [0.29, 0.717) is 22.1 Å². The van der Waals surface area contributed by atoms with Crippen molar-refractivity contribution in [2.24, 2.45) is 0 Å². The van der Waals surface area contributed by atoms with Crippen molar-refractivity contribution in [2.45, 2.75) is 36.2 Å². The second kappa shape index (κ2) is 6.79. The van der Waals surface area contributed by atoms with E-state index in [0.717, 1.165) is 18.9 Å². The average molecular weight is 375 g/mol. The molecule has 0 N–H and O–H groups in total. The van der Waals surface area contributed by atoms with Gasteiger partial charge in [0.15, 0.2) is 22.6 Å². The normalized spacial score (nSPS) is 15.2. The number of nitrogens with zero attached hydrogens (tertiary/aromatic N) is 3. The van der Waals surface area contributed by atoms with Crippen LogP contribution < -0.4 is 0 Å². The van der Waals surface area contributed by atoms with E-state index in [1.807, 2.05) is 11.5 Å². The summed E-state index contributed by atoms with van der Waals surface area (Å²) in [6, 6.07) is 10.6. The standard InChI is InChI=1S/C19H16F3N3S/c1-11(12-6-9-16(21)17(22)10-12)26-19-24-23-18(25(19)13-7-8-13)14-4-2-3-5-15(14)20/h2-6,9-11,13H,7-8H2,1H3. The van der Waals surface area contributed by atoms with Crippen LogP contribution in [0.2, 0.25) is 0 Å². The second-order valence-corrected chi connectivity index (χ2v) is 7.63. The molecule has 3 nitrogen and oxygen atoms in total. The Morgan fingerprint density at radius 3 is 2.46 bits per heavy atom. The summed E-state index contributed by atoms with van der Waals surface area (Å²) < 4.78 is 42.8. The van der Waals surface area contributed by atoms with Gasteiger partial charge in [-0.25, -0.2) is 13.2 Å². The SMILES string of the molecule is CC(Sc1nnc(-c2ccccc2F)n1C1CC1)c1ccc(F)c(F)c1. The van der Waals surface area contributed by atoms with Crippen molar-refractivity contribution < 1.29 is 13.2 Å². The number of thioether (sulfide) groups is 1. The Kier molecular flexibility index (Phi) is 4.48. The summed E-state index contributed by atoms with van der Waals surface area (Å²) in [6.45, 7) is 1.89. The lowest BCUT2D eigenvalue weighted by Gasteiger charge is -2.14. The third kappa shape index (κ3) is 3.23. The van der Waals surface area contributed by atoms with E-state index < -0.39 is 11.6 Å². The maximum Gasteiger partial charge on any atom is 0.192 e. The molecule has 1 aliphatic rings. The Hall–Kier alpha value is -2.28. The first-order valence-electron chi connectivity index (χ1n) is 8.36. The highest BCUT2D eigenvalue weighted by molar-refractivity contribution is 7.99. The molecular formula is C19H16F3N3S. The fraction of sp³-hybridized carbons (Fsp3) is 0.263. The van der Waals surface area contributed by atoms with Crippen LogP contribution in [0.4, 0.5) is 13.2 Å². The molecule has 0 bridgehead atoms. The number of halogens is 3. The van der Waals surface area contributed by atoms with Crippen molar-refractivity contribution in [2.75, 3.05) is 0 Å². The van der Waals surface area contributed by atoms with Crippen LogP contribution >= 0.6 is 11.8 Å². The van der Waals surface area contributed by atoms with Gasteiger partial charge in [0.05, 0.1) is 5.56 Å². The summed E-state index contributed by atoms with van der Waals surface area (Å²) in [7, 11) is 0. The number of benzene rings is 2. The van der Waals surface area contributed by atoms with Gasteiger partial charge in [0.2, 0.25) is 0 Å². The quantitative estimate of drug-likeness (QED) is 0.548. The molecule has 1 atom stereocenters. The molecule has 3 aromatic rings. The fourth-order valence-electron chi connectivity index (χ4n) is 2.84. The molecule has 4 rings (SSSR count). The molecule has 1 aromatic heterocycles. The zero-order valence-electron chi connectivity index (χ0n) is 14.0. The van der Waals surface area contributed by atoms with Crippen LogP contribution in [0, 0.1) is 17.5 Å². The molecule has 26 heavy (non-hydrogen) atoms. The van der Waals surface area contributed by atoms with Crippen LogP contribution in [0.3, 0.4) is 0 Å². The average Bonchev–Trinajstić information content (AvgIpc) is 3.38. The van der Waals surface area contributed by atoms with Gasteiger partial charge in [-0.15, -0.1) is 10.2 Å². The van der Waals surface area contributed by atoms with Crippen molar-refractivity contribution in [3.63, 3.8) is 0 Å². The maximum atomic E-state index is 14.2. The van der Waals surface area contributed by atoms with Gasteiger partial charge in [0.25, 0.3) is 0 Å². The molecule has 0 radical (unpaired) electrons. The van der Waals surface area contributed by atoms with Crippen LogP contribution in [0.25, 0.3) is 11.4 Å². The van der Waals surface area contributed by atoms with Crippen LogP contribution in [0.15, 0.2) is 47.6 Å². The number of hydrogen-bond donors (Lipinski definition) is 0. The van der Waals surface area contributed by atoms with Gasteiger partial charge in [0, 0.05) is 11.3 Å². The monoisotopic (exact) mass is 375 g/mol. The zero-order valence-corrected chi connectivity index (χ0v) is 14.8. The van der Waals surface area contributed by atoms with Gasteiger partial charge in [-0.2, -0.15) is 0 Å². The Morgan fingerprint density at radius 2 is 1.77 bits per heavy atom. The van der Waals surface area contributed by atoms with Crippen molar-refractivity contribution >= 4 is 11.8 Å². The molecule has 2 aromatic carbocycles. The van der Waals surface area contributed by atoms with E-state index in [1.54, 1.807) is 24.3 Å². The summed E-state index contributed by atoms with van der Waals surface area (Å²) in [6.07, 6.45) is 1.99. The lowest BCUT2D eigenvalue weighted by Crippen LogP contribution is -2.02. The Balaban J connectivity index is 1.67. The first-order valence-corrected chi connectivity index (χ1v) is 9.24. The minimum absolute atomic E-state index is 0.153. The minimum atomic E-state index is -0.870. The molecule has 134 valence electrons. The summed E-state index contributed by atoms with van der Waals surface area (Å²) in [5.74, 6) is -1.57.